The van der Waals surface area contributed by atoms with Crippen LogP contribution in [0.5, 0.6) is 0 Å². The second-order valence-corrected chi connectivity index (χ2v) is 8.96. The zero-order chi connectivity index (χ0) is 16.9. The average Bonchev–Trinajstić information content (AvgIpc) is 2.53. The molecule has 0 bridgehead atoms. The molecule has 1 aromatic rings. The predicted molar refractivity (Wildman–Crippen MR) is 96.6 cm³/mol. The van der Waals surface area contributed by atoms with Crippen LogP contribution in [0.2, 0.25) is 0 Å². The van der Waals surface area contributed by atoms with Gasteiger partial charge in [0.25, 0.3) is 0 Å². The predicted octanol–water partition coefficient (Wildman–Crippen LogP) is 2.87. The van der Waals surface area contributed by atoms with Crippen LogP contribution >= 0.6 is 0 Å². The molecule has 1 aliphatic heterocycles. The molecule has 23 heavy (non-hydrogen) atoms. The summed E-state index contributed by atoms with van der Waals surface area (Å²) in [7, 11) is -3.16. The summed E-state index contributed by atoms with van der Waals surface area (Å²) < 4.78 is 26.5. The fourth-order valence-electron chi connectivity index (χ4n) is 2.94. The molecule has 0 aliphatic carbocycles. The van der Waals surface area contributed by atoms with E-state index in [9.17, 15) is 8.42 Å². The third kappa shape index (κ3) is 5.44. The van der Waals surface area contributed by atoms with Crippen molar-refractivity contribution in [3.05, 3.63) is 42.0 Å². The molecule has 0 aromatic heterocycles. The van der Waals surface area contributed by atoms with E-state index in [1.54, 1.807) is 13.8 Å². The van der Waals surface area contributed by atoms with E-state index in [0.29, 0.717) is 12.5 Å². The quantitative estimate of drug-likeness (QED) is 0.833. The van der Waals surface area contributed by atoms with E-state index in [1.807, 2.05) is 6.08 Å². The summed E-state index contributed by atoms with van der Waals surface area (Å²) in [4.78, 5) is 2.42. The van der Waals surface area contributed by atoms with Gasteiger partial charge < -0.3 is 0 Å². The molecule has 1 N–H and O–H groups in total. The van der Waals surface area contributed by atoms with Crippen LogP contribution in [0.3, 0.4) is 0 Å². The molecule has 0 radical (unpaired) electrons. The van der Waals surface area contributed by atoms with E-state index in [4.69, 9.17) is 0 Å². The molecule has 0 amide bonds. The van der Waals surface area contributed by atoms with Crippen molar-refractivity contribution in [2.75, 3.05) is 19.6 Å². The van der Waals surface area contributed by atoms with Crippen LogP contribution in [0.4, 0.5) is 0 Å². The van der Waals surface area contributed by atoms with Gasteiger partial charge in [0.15, 0.2) is 0 Å². The minimum absolute atomic E-state index is 0.371. The molecule has 1 atom stereocenters. The number of hydrogen-bond acceptors (Lipinski definition) is 3. The van der Waals surface area contributed by atoms with Crippen molar-refractivity contribution >= 4 is 16.1 Å². The van der Waals surface area contributed by atoms with Gasteiger partial charge in [0.1, 0.15) is 0 Å². The van der Waals surface area contributed by atoms with Gasteiger partial charge in [-0.3, -0.25) is 4.90 Å². The second kappa shape index (κ2) is 8.08. The molecule has 0 saturated carbocycles. The molecule has 1 aliphatic rings. The van der Waals surface area contributed by atoms with Gasteiger partial charge in [-0.1, -0.05) is 36.9 Å². The summed E-state index contributed by atoms with van der Waals surface area (Å²) in [5.41, 5.74) is 2.42. The molecule has 1 heterocycles. The fraction of sp³-hybridized carbons (Fsp3) is 0.556. The van der Waals surface area contributed by atoms with Crippen molar-refractivity contribution in [1.82, 2.24) is 9.62 Å². The molecule has 4 nitrogen and oxygen atoms in total. The van der Waals surface area contributed by atoms with Crippen molar-refractivity contribution in [3.63, 3.8) is 0 Å². The van der Waals surface area contributed by atoms with Gasteiger partial charge in [0.05, 0.1) is 5.25 Å². The van der Waals surface area contributed by atoms with Gasteiger partial charge in [-0.25, -0.2) is 13.1 Å². The van der Waals surface area contributed by atoms with Gasteiger partial charge in [-0.2, -0.15) is 0 Å². The maximum Gasteiger partial charge on any atom is 0.213 e. The largest absolute Gasteiger partial charge is 0.299 e. The normalized spacial score (nSPS) is 19.9. The zero-order valence-corrected chi connectivity index (χ0v) is 15.0. The van der Waals surface area contributed by atoms with Crippen molar-refractivity contribution < 1.29 is 8.42 Å². The maximum atomic E-state index is 11.9. The van der Waals surface area contributed by atoms with E-state index in [-0.39, 0.29) is 5.25 Å². The van der Waals surface area contributed by atoms with Crippen LogP contribution in [0.15, 0.2) is 30.8 Å². The Kier molecular flexibility index (Phi) is 6.39. The number of piperidine rings is 1. The van der Waals surface area contributed by atoms with Crippen molar-refractivity contribution in [2.45, 2.75) is 38.5 Å². The van der Waals surface area contributed by atoms with Crippen LogP contribution < -0.4 is 4.72 Å². The maximum absolute atomic E-state index is 11.9. The van der Waals surface area contributed by atoms with E-state index in [1.165, 1.54) is 5.56 Å². The van der Waals surface area contributed by atoms with Gasteiger partial charge in [-0.05, 0) is 50.3 Å². The zero-order valence-electron chi connectivity index (χ0n) is 14.2. The van der Waals surface area contributed by atoms with Crippen molar-refractivity contribution in [3.8, 4) is 0 Å². The molecule has 1 aromatic carbocycles. The first-order chi connectivity index (χ1) is 10.9. The lowest BCUT2D eigenvalue weighted by Gasteiger charge is -2.33. The number of sulfonamides is 1. The minimum atomic E-state index is -3.16. The monoisotopic (exact) mass is 336 g/mol. The van der Waals surface area contributed by atoms with Crippen LogP contribution in [0.25, 0.3) is 6.08 Å². The number of hydrogen-bond donors (Lipinski definition) is 1. The number of benzene rings is 1. The summed E-state index contributed by atoms with van der Waals surface area (Å²) in [6.07, 6.45) is 4.07. The van der Waals surface area contributed by atoms with Crippen molar-refractivity contribution in [1.29, 1.82) is 0 Å². The van der Waals surface area contributed by atoms with Crippen molar-refractivity contribution in [2.24, 2.45) is 5.92 Å². The average molecular weight is 337 g/mol. The smallest absolute Gasteiger partial charge is 0.213 e. The highest BCUT2D eigenvalue weighted by Crippen LogP contribution is 2.19. The Bertz CT molecular complexity index is 626. The Balaban J connectivity index is 1.89. The first-order valence-electron chi connectivity index (χ1n) is 8.33. The molecule has 1 saturated heterocycles. The molecule has 128 valence electrons. The number of rotatable bonds is 7. The molecular formula is C18H28N2O2S. The van der Waals surface area contributed by atoms with Gasteiger partial charge >= 0.3 is 0 Å². The molecule has 0 unspecified atom stereocenters. The summed E-state index contributed by atoms with van der Waals surface area (Å²) in [5, 5.41) is -0.371. The summed E-state index contributed by atoms with van der Waals surface area (Å²) in [5.74, 6) is 0.389. The topological polar surface area (TPSA) is 49.4 Å². The lowest BCUT2D eigenvalue weighted by Crippen LogP contribution is -2.42. The van der Waals surface area contributed by atoms with E-state index in [0.717, 1.165) is 38.0 Å². The second-order valence-electron chi connectivity index (χ2n) is 6.63. The first-order valence-corrected chi connectivity index (χ1v) is 9.87. The number of nitrogens with zero attached hydrogens (tertiary/aromatic N) is 1. The molecular weight excluding hydrogens is 308 g/mol. The van der Waals surface area contributed by atoms with Crippen LogP contribution in [0.1, 0.15) is 37.8 Å². The summed E-state index contributed by atoms with van der Waals surface area (Å²) in [6, 6.07) is 8.41. The Hall–Kier alpha value is -1.17. The van der Waals surface area contributed by atoms with Crippen LogP contribution in [0, 0.1) is 5.92 Å². The Labute approximate surface area is 140 Å². The highest BCUT2D eigenvalue weighted by atomic mass is 32.2. The number of nitrogens with one attached hydrogen (secondary N) is 1. The third-order valence-electron chi connectivity index (χ3n) is 4.39. The van der Waals surface area contributed by atoms with E-state index < -0.39 is 10.0 Å². The Morgan fingerprint density at radius 3 is 2.91 bits per heavy atom. The van der Waals surface area contributed by atoms with Gasteiger partial charge in [0.2, 0.25) is 10.0 Å². The minimum Gasteiger partial charge on any atom is -0.299 e. The fourth-order valence-corrected chi connectivity index (χ4v) is 3.74. The van der Waals surface area contributed by atoms with E-state index in [2.05, 4.69) is 40.5 Å². The Morgan fingerprint density at radius 2 is 2.22 bits per heavy atom. The first kappa shape index (κ1) is 18.2. The third-order valence-corrected chi connectivity index (χ3v) is 6.20. The van der Waals surface area contributed by atoms with Crippen LogP contribution in [-0.4, -0.2) is 38.2 Å². The molecule has 5 heteroatoms. The molecule has 0 spiro atoms. The SMILES string of the molecule is C=Cc1cccc(CN2CCC[C@@H](CNS(=O)(=O)C(C)C)C2)c1. The molecule has 2 rings (SSSR count). The highest BCUT2D eigenvalue weighted by Gasteiger charge is 2.23. The van der Waals surface area contributed by atoms with Crippen LogP contribution in [-0.2, 0) is 16.6 Å². The van der Waals surface area contributed by atoms with Gasteiger partial charge in [-0.15, -0.1) is 0 Å². The summed E-state index contributed by atoms with van der Waals surface area (Å²) >= 11 is 0. The van der Waals surface area contributed by atoms with E-state index >= 15 is 0 Å². The lowest BCUT2D eigenvalue weighted by molar-refractivity contribution is 0.169. The summed E-state index contributed by atoms with van der Waals surface area (Å²) in [6.45, 7) is 10.7. The highest BCUT2D eigenvalue weighted by molar-refractivity contribution is 7.90. The lowest BCUT2D eigenvalue weighted by atomic mass is 9.97. The standard InChI is InChI=1S/C18H28N2O2S/c1-4-16-7-5-8-17(11-16)13-20-10-6-9-18(14-20)12-19-23(21,22)15(2)3/h4-5,7-8,11,15,18-19H,1,6,9-10,12-14H2,2-3H3/t18-/m0/s1. The van der Waals surface area contributed by atoms with Gasteiger partial charge in [0, 0.05) is 19.6 Å². The Morgan fingerprint density at radius 1 is 1.43 bits per heavy atom. The molecule has 1 fully saturated rings. The number of likely N-dealkylation sites (tertiary alicyclic amines) is 1.